The third-order valence-corrected chi connectivity index (χ3v) is 3.74. The molecule has 5 heteroatoms. The minimum absolute atomic E-state index is 0.300. The fourth-order valence-electron chi connectivity index (χ4n) is 1.94. The van der Waals surface area contributed by atoms with Gasteiger partial charge in [0.25, 0.3) is 0 Å². The summed E-state index contributed by atoms with van der Waals surface area (Å²) in [5, 5.41) is 0. The number of halogens is 1. The molecule has 0 amide bonds. The fourth-order valence-corrected chi connectivity index (χ4v) is 2.31. The van der Waals surface area contributed by atoms with E-state index in [9.17, 15) is 4.79 Å². The Balaban J connectivity index is 2.12. The predicted octanol–water partition coefficient (Wildman–Crippen LogP) is 2.07. The molecule has 0 radical (unpaired) electrons. The van der Waals surface area contributed by atoms with Gasteiger partial charge in [-0.25, -0.2) is 4.79 Å². The van der Waals surface area contributed by atoms with Crippen LogP contribution in [0.1, 0.15) is 15.9 Å². The topological polar surface area (TPSA) is 38.8 Å². The monoisotopic (exact) mass is 313 g/mol. The van der Waals surface area contributed by atoms with Crippen LogP contribution in [0.3, 0.4) is 0 Å². The van der Waals surface area contributed by atoms with Crippen molar-refractivity contribution < 1.29 is 14.3 Å². The first-order chi connectivity index (χ1) is 8.70. The Kier molecular flexibility index (Phi) is 4.74. The minimum atomic E-state index is -0.300. The molecule has 0 aliphatic carbocycles. The second kappa shape index (κ2) is 6.31. The van der Waals surface area contributed by atoms with Crippen molar-refractivity contribution in [2.75, 3.05) is 33.4 Å². The number of hydrogen-bond donors (Lipinski definition) is 0. The molecule has 1 aromatic carbocycles. The summed E-state index contributed by atoms with van der Waals surface area (Å²) in [7, 11) is 1.39. The number of rotatable bonds is 3. The third-order valence-electron chi connectivity index (χ3n) is 2.96. The summed E-state index contributed by atoms with van der Waals surface area (Å²) >= 11 is 3.52. The molecule has 2 rings (SSSR count). The second-order valence-electron chi connectivity index (χ2n) is 4.19. The van der Waals surface area contributed by atoms with Gasteiger partial charge < -0.3 is 9.47 Å². The fraction of sp³-hybridized carbons (Fsp3) is 0.462. The predicted molar refractivity (Wildman–Crippen MR) is 71.6 cm³/mol. The van der Waals surface area contributed by atoms with Crippen molar-refractivity contribution >= 4 is 21.9 Å². The molecule has 0 atom stereocenters. The van der Waals surface area contributed by atoms with E-state index >= 15 is 0 Å². The molecule has 1 heterocycles. The van der Waals surface area contributed by atoms with Crippen LogP contribution in [0.4, 0.5) is 0 Å². The van der Waals surface area contributed by atoms with Crippen molar-refractivity contribution in [2.24, 2.45) is 0 Å². The van der Waals surface area contributed by atoms with Crippen molar-refractivity contribution in [1.82, 2.24) is 4.90 Å². The van der Waals surface area contributed by atoms with E-state index < -0.39 is 0 Å². The lowest BCUT2D eigenvalue weighted by atomic mass is 10.1. The lowest BCUT2D eigenvalue weighted by molar-refractivity contribution is 0.0340. The van der Waals surface area contributed by atoms with Crippen molar-refractivity contribution in [2.45, 2.75) is 6.54 Å². The lowest BCUT2D eigenvalue weighted by Gasteiger charge is -2.27. The molecule has 0 aromatic heterocycles. The van der Waals surface area contributed by atoms with E-state index in [1.54, 1.807) is 6.07 Å². The molecule has 98 valence electrons. The number of morpholine rings is 1. The molecule has 18 heavy (non-hydrogen) atoms. The average Bonchev–Trinajstić information content (AvgIpc) is 2.41. The first-order valence-electron chi connectivity index (χ1n) is 5.87. The lowest BCUT2D eigenvalue weighted by Crippen LogP contribution is -2.35. The SMILES string of the molecule is COC(=O)c1ccc(Br)c(CN2CCOCC2)c1. The van der Waals surface area contributed by atoms with Crippen LogP contribution < -0.4 is 0 Å². The Labute approximate surface area is 115 Å². The van der Waals surface area contributed by atoms with Crippen LogP contribution in [-0.4, -0.2) is 44.3 Å². The highest BCUT2D eigenvalue weighted by Crippen LogP contribution is 2.21. The Morgan fingerprint density at radius 3 is 2.83 bits per heavy atom. The van der Waals surface area contributed by atoms with Crippen LogP contribution in [-0.2, 0) is 16.0 Å². The molecule has 1 aliphatic rings. The quantitative estimate of drug-likeness (QED) is 0.801. The standard InChI is InChI=1S/C13H16BrNO3/c1-17-13(16)10-2-3-12(14)11(8-10)9-15-4-6-18-7-5-15/h2-3,8H,4-7,9H2,1H3. The van der Waals surface area contributed by atoms with Crippen LogP contribution in [0, 0.1) is 0 Å². The maximum absolute atomic E-state index is 11.5. The molecule has 1 saturated heterocycles. The zero-order chi connectivity index (χ0) is 13.0. The van der Waals surface area contributed by atoms with Gasteiger partial charge >= 0.3 is 5.97 Å². The summed E-state index contributed by atoms with van der Waals surface area (Å²) in [6.07, 6.45) is 0. The summed E-state index contributed by atoms with van der Waals surface area (Å²) in [6.45, 7) is 4.21. The number of ether oxygens (including phenoxy) is 2. The van der Waals surface area contributed by atoms with Gasteiger partial charge in [-0.3, -0.25) is 4.90 Å². The summed E-state index contributed by atoms with van der Waals surface area (Å²) in [5.74, 6) is -0.300. The minimum Gasteiger partial charge on any atom is -0.465 e. The van der Waals surface area contributed by atoms with E-state index in [0.717, 1.165) is 42.9 Å². The molecule has 0 N–H and O–H groups in total. The first-order valence-corrected chi connectivity index (χ1v) is 6.67. The van der Waals surface area contributed by atoms with Gasteiger partial charge in [0.15, 0.2) is 0 Å². The molecule has 0 bridgehead atoms. The van der Waals surface area contributed by atoms with Gasteiger partial charge in [0, 0.05) is 24.1 Å². The Morgan fingerprint density at radius 1 is 1.44 bits per heavy atom. The van der Waals surface area contributed by atoms with Gasteiger partial charge in [-0.2, -0.15) is 0 Å². The Morgan fingerprint density at radius 2 is 2.17 bits per heavy atom. The van der Waals surface area contributed by atoms with E-state index in [2.05, 4.69) is 20.8 Å². The highest BCUT2D eigenvalue weighted by molar-refractivity contribution is 9.10. The third kappa shape index (κ3) is 3.31. The van der Waals surface area contributed by atoms with Gasteiger partial charge in [0.1, 0.15) is 0 Å². The largest absolute Gasteiger partial charge is 0.465 e. The van der Waals surface area contributed by atoms with Gasteiger partial charge in [0.2, 0.25) is 0 Å². The molecule has 0 saturated carbocycles. The normalized spacial score (nSPS) is 16.6. The summed E-state index contributed by atoms with van der Waals surface area (Å²) in [6, 6.07) is 5.53. The van der Waals surface area contributed by atoms with Crippen molar-refractivity contribution in [3.8, 4) is 0 Å². The highest BCUT2D eigenvalue weighted by atomic mass is 79.9. The zero-order valence-corrected chi connectivity index (χ0v) is 11.9. The number of esters is 1. The maximum Gasteiger partial charge on any atom is 0.337 e. The molecule has 1 fully saturated rings. The van der Waals surface area contributed by atoms with Crippen LogP contribution in [0.5, 0.6) is 0 Å². The number of nitrogens with zero attached hydrogens (tertiary/aromatic N) is 1. The highest BCUT2D eigenvalue weighted by Gasteiger charge is 2.14. The molecule has 4 nitrogen and oxygen atoms in total. The number of carbonyl (C=O) groups excluding carboxylic acids is 1. The molecule has 1 aromatic rings. The van der Waals surface area contributed by atoms with E-state index in [1.165, 1.54) is 7.11 Å². The number of benzene rings is 1. The maximum atomic E-state index is 11.5. The Bertz CT molecular complexity index is 430. The van der Waals surface area contributed by atoms with E-state index in [1.807, 2.05) is 12.1 Å². The van der Waals surface area contributed by atoms with Crippen LogP contribution in [0.25, 0.3) is 0 Å². The van der Waals surface area contributed by atoms with Crippen LogP contribution in [0.15, 0.2) is 22.7 Å². The summed E-state index contributed by atoms with van der Waals surface area (Å²) in [4.78, 5) is 13.8. The van der Waals surface area contributed by atoms with Crippen molar-refractivity contribution in [3.05, 3.63) is 33.8 Å². The summed E-state index contributed by atoms with van der Waals surface area (Å²) < 4.78 is 11.1. The zero-order valence-electron chi connectivity index (χ0n) is 10.3. The average molecular weight is 314 g/mol. The second-order valence-corrected chi connectivity index (χ2v) is 5.04. The van der Waals surface area contributed by atoms with E-state index in [4.69, 9.17) is 9.47 Å². The van der Waals surface area contributed by atoms with Gasteiger partial charge in [-0.05, 0) is 23.8 Å². The molecule has 0 unspecified atom stereocenters. The van der Waals surface area contributed by atoms with Crippen molar-refractivity contribution in [3.63, 3.8) is 0 Å². The van der Waals surface area contributed by atoms with Crippen LogP contribution in [0.2, 0.25) is 0 Å². The summed E-state index contributed by atoms with van der Waals surface area (Å²) in [5.41, 5.74) is 1.68. The molecule has 0 spiro atoms. The molecular formula is C13H16BrNO3. The van der Waals surface area contributed by atoms with Gasteiger partial charge in [-0.15, -0.1) is 0 Å². The molecular weight excluding hydrogens is 298 g/mol. The first kappa shape index (κ1) is 13.5. The number of methoxy groups -OCH3 is 1. The van der Waals surface area contributed by atoms with Crippen LogP contribution >= 0.6 is 15.9 Å². The van der Waals surface area contributed by atoms with E-state index in [0.29, 0.717) is 5.56 Å². The van der Waals surface area contributed by atoms with Gasteiger partial charge in [0.05, 0.1) is 25.9 Å². The Hall–Kier alpha value is -0.910. The van der Waals surface area contributed by atoms with Crippen molar-refractivity contribution in [1.29, 1.82) is 0 Å². The number of hydrogen-bond acceptors (Lipinski definition) is 4. The van der Waals surface area contributed by atoms with E-state index in [-0.39, 0.29) is 5.97 Å². The van der Waals surface area contributed by atoms with Gasteiger partial charge in [-0.1, -0.05) is 15.9 Å². The smallest absolute Gasteiger partial charge is 0.337 e. The number of carbonyl (C=O) groups is 1. The molecule has 1 aliphatic heterocycles.